The lowest BCUT2D eigenvalue weighted by Crippen LogP contribution is -1.95. The minimum absolute atomic E-state index is 0.00224. The second-order valence-electron chi connectivity index (χ2n) is 3.16. The van der Waals surface area contributed by atoms with Crippen LogP contribution in [0.25, 0.3) is 0 Å². The molecule has 0 bridgehead atoms. The maximum Gasteiger partial charge on any atom is 0.257 e. The Morgan fingerprint density at radius 2 is 2.22 bits per heavy atom. The van der Waals surface area contributed by atoms with Gasteiger partial charge in [-0.3, -0.25) is 0 Å². The van der Waals surface area contributed by atoms with E-state index in [0.29, 0.717) is 4.47 Å². The largest absolute Gasteiger partial charge is 0.435 e. The van der Waals surface area contributed by atoms with E-state index in [2.05, 4.69) is 26.1 Å². The summed E-state index contributed by atoms with van der Waals surface area (Å²) < 4.78 is 19.1. The van der Waals surface area contributed by atoms with Crippen LogP contribution in [0.2, 0.25) is 5.02 Å². The molecule has 7 heteroatoms. The van der Waals surface area contributed by atoms with Gasteiger partial charge < -0.3 is 4.74 Å². The van der Waals surface area contributed by atoms with Crippen molar-refractivity contribution in [3.05, 3.63) is 45.3 Å². The summed E-state index contributed by atoms with van der Waals surface area (Å²) in [7, 11) is 0. The average Bonchev–Trinajstić information content (AvgIpc) is 2.36. The molecular weight excluding hydrogens is 324 g/mol. The van der Waals surface area contributed by atoms with Crippen LogP contribution in [-0.2, 0) is 0 Å². The number of nitrogens with zero attached hydrogens (tertiary/aromatic N) is 3. The third-order valence-corrected chi connectivity index (χ3v) is 2.90. The SMILES string of the molecule is N#Cc1ccnnc1Oc1cc(F)c(Cl)cc1Br. The van der Waals surface area contributed by atoms with Gasteiger partial charge in [-0.15, -0.1) is 5.10 Å². The fourth-order valence-electron chi connectivity index (χ4n) is 1.17. The van der Waals surface area contributed by atoms with Crippen LogP contribution in [0, 0.1) is 17.1 Å². The highest BCUT2D eigenvalue weighted by Gasteiger charge is 2.12. The van der Waals surface area contributed by atoms with Crippen molar-refractivity contribution in [1.82, 2.24) is 10.2 Å². The number of halogens is 3. The lowest BCUT2D eigenvalue weighted by molar-refractivity contribution is 0.446. The van der Waals surface area contributed by atoms with E-state index in [1.54, 1.807) is 0 Å². The van der Waals surface area contributed by atoms with Gasteiger partial charge in [0.25, 0.3) is 5.88 Å². The molecule has 90 valence electrons. The topological polar surface area (TPSA) is 58.8 Å². The van der Waals surface area contributed by atoms with Crippen molar-refractivity contribution in [1.29, 1.82) is 5.26 Å². The predicted octanol–water partition coefficient (Wildman–Crippen LogP) is 3.70. The van der Waals surface area contributed by atoms with Gasteiger partial charge >= 0.3 is 0 Å². The van der Waals surface area contributed by atoms with Crippen LogP contribution >= 0.6 is 27.5 Å². The zero-order chi connectivity index (χ0) is 13.1. The quantitative estimate of drug-likeness (QED) is 0.789. The number of aromatic nitrogens is 2. The van der Waals surface area contributed by atoms with E-state index in [4.69, 9.17) is 21.6 Å². The molecule has 0 fully saturated rings. The van der Waals surface area contributed by atoms with E-state index in [0.717, 1.165) is 6.07 Å². The first-order valence-electron chi connectivity index (χ1n) is 4.66. The van der Waals surface area contributed by atoms with Gasteiger partial charge in [0, 0.05) is 6.07 Å². The minimum Gasteiger partial charge on any atom is -0.435 e. The van der Waals surface area contributed by atoms with Crippen molar-refractivity contribution in [2.45, 2.75) is 0 Å². The van der Waals surface area contributed by atoms with Crippen LogP contribution < -0.4 is 4.74 Å². The Morgan fingerprint density at radius 1 is 1.44 bits per heavy atom. The summed E-state index contributed by atoms with van der Waals surface area (Å²) in [6.07, 6.45) is 1.36. The average molecular weight is 329 g/mol. The van der Waals surface area contributed by atoms with Crippen LogP contribution in [-0.4, -0.2) is 10.2 Å². The molecule has 1 aromatic carbocycles. The third-order valence-electron chi connectivity index (χ3n) is 1.99. The molecule has 0 saturated carbocycles. The summed E-state index contributed by atoms with van der Waals surface area (Å²) >= 11 is 8.78. The smallest absolute Gasteiger partial charge is 0.257 e. The molecule has 0 aliphatic rings. The maximum atomic E-state index is 13.3. The van der Waals surface area contributed by atoms with Crippen LogP contribution in [0.4, 0.5) is 4.39 Å². The zero-order valence-electron chi connectivity index (χ0n) is 8.69. The monoisotopic (exact) mass is 327 g/mol. The first-order valence-corrected chi connectivity index (χ1v) is 5.83. The molecule has 0 aliphatic carbocycles. The number of nitriles is 1. The Morgan fingerprint density at radius 3 is 2.94 bits per heavy atom. The fraction of sp³-hybridized carbons (Fsp3) is 0. The summed E-state index contributed by atoms with van der Waals surface area (Å²) in [5.41, 5.74) is 0.201. The highest BCUT2D eigenvalue weighted by atomic mass is 79.9. The van der Waals surface area contributed by atoms with Gasteiger partial charge in [0.15, 0.2) is 0 Å². The molecule has 0 N–H and O–H groups in total. The summed E-state index contributed by atoms with van der Waals surface area (Å²) in [4.78, 5) is 0. The molecule has 1 heterocycles. The Bertz CT molecular complexity index is 645. The van der Waals surface area contributed by atoms with Gasteiger partial charge in [0.05, 0.1) is 15.7 Å². The molecule has 4 nitrogen and oxygen atoms in total. The molecule has 18 heavy (non-hydrogen) atoms. The molecule has 2 aromatic rings. The van der Waals surface area contributed by atoms with E-state index in [9.17, 15) is 4.39 Å². The molecule has 0 radical (unpaired) electrons. The molecule has 0 unspecified atom stereocenters. The van der Waals surface area contributed by atoms with E-state index >= 15 is 0 Å². The van der Waals surface area contributed by atoms with Crippen molar-refractivity contribution in [2.75, 3.05) is 0 Å². The van der Waals surface area contributed by atoms with Gasteiger partial charge in [-0.1, -0.05) is 11.6 Å². The molecule has 0 spiro atoms. The summed E-state index contributed by atoms with van der Waals surface area (Å²) in [6.45, 7) is 0. The highest BCUT2D eigenvalue weighted by molar-refractivity contribution is 9.10. The molecule has 0 aliphatic heterocycles. The van der Waals surface area contributed by atoms with E-state index in [1.165, 1.54) is 18.3 Å². The van der Waals surface area contributed by atoms with E-state index < -0.39 is 5.82 Å². The fourth-order valence-corrected chi connectivity index (χ4v) is 1.89. The Labute approximate surface area is 115 Å². The van der Waals surface area contributed by atoms with Gasteiger partial charge in [-0.05, 0) is 28.1 Å². The molecule has 0 atom stereocenters. The van der Waals surface area contributed by atoms with E-state index in [1.807, 2.05) is 6.07 Å². The molecule has 1 aromatic heterocycles. The molecule has 0 amide bonds. The predicted molar refractivity (Wildman–Crippen MR) is 65.9 cm³/mol. The van der Waals surface area contributed by atoms with Crippen molar-refractivity contribution in [2.24, 2.45) is 0 Å². The summed E-state index contributed by atoms with van der Waals surface area (Å²) in [6, 6.07) is 5.80. The van der Waals surface area contributed by atoms with E-state index in [-0.39, 0.29) is 22.2 Å². The number of hydrogen-bond acceptors (Lipinski definition) is 4. The highest BCUT2D eigenvalue weighted by Crippen LogP contribution is 2.33. The summed E-state index contributed by atoms with van der Waals surface area (Å²) in [5.74, 6) is -0.464. The van der Waals surface area contributed by atoms with Gasteiger partial charge in [0.1, 0.15) is 23.2 Å². The van der Waals surface area contributed by atoms with Crippen molar-refractivity contribution >= 4 is 27.5 Å². The number of benzene rings is 1. The lowest BCUT2D eigenvalue weighted by Gasteiger charge is -2.07. The van der Waals surface area contributed by atoms with Crippen LogP contribution in [0.5, 0.6) is 11.6 Å². The second-order valence-corrected chi connectivity index (χ2v) is 4.42. The van der Waals surface area contributed by atoms with Crippen molar-refractivity contribution in [3.8, 4) is 17.7 Å². The van der Waals surface area contributed by atoms with Gasteiger partial charge in [-0.2, -0.15) is 10.4 Å². The molecule has 0 saturated heterocycles. The minimum atomic E-state index is -0.628. The van der Waals surface area contributed by atoms with Crippen molar-refractivity contribution < 1.29 is 9.13 Å². The number of hydrogen-bond donors (Lipinski definition) is 0. The Balaban J connectivity index is 2.41. The van der Waals surface area contributed by atoms with Crippen LogP contribution in [0.15, 0.2) is 28.9 Å². The summed E-state index contributed by atoms with van der Waals surface area (Å²) in [5, 5.41) is 16.1. The normalized spacial score (nSPS) is 9.89. The number of rotatable bonds is 2. The van der Waals surface area contributed by atoms with Gasteiger partial charge in [0.2, 0.25) is 0 Å². The third kappa shape index (κ3) is 2.58. The standard InChI is InChI=1S/C11H4BrClFN3O/c12-7-3-8(13)9(14)4-10(7)18-11-6(5-15)1-2-16-17-11/h1-4H. The Kier molecular flexibility index (Phi) is 3.75. The van der Waals surface area contributed by atoms with Crippen LogP contribution in [0.1, 0.15) is 5.56 Å². The first-order chi connectivity index (χ1) is 8.61. The zero-order valence-corrected chi connectivity index (χ0v) is 11.0. The maximum absolute atomic E-state index is 13.3. The number of ether oxygens (including phenoxy) is 1. The second kappa shape index (κ2) is 5.29. The van der Waals surface area contributed by atoms with Crippen molar-refractivity contribution in [3.63, 3.8) is 0 Å². The first kappa shape index (κ1) is 12.7. The van der Waals surface area contributed by atoms with Gasteiger partial charge in [-0.25, -0.2) is 4.39 Å². The lowest BCUT2D eigenvalue weighted by atomic mass is 10.3. The Hall–Kier alpha value is -1.71. The molecule has 2 rings (SSSR count). The van der Waals surface area contributed by atoms with Crippen LogP contribution in [0.3, 0.4) is 0 Å². The molecular formula is C11H4BrClFN3O.